The molecule has 0 bridgehead atoms. The number of ether oxygens (including phenoxy) is 1. The number of aliphatic hydroxyl groups is 2. The topological polar surface area (TPSA) is 123 Å². The smallest absolute Gasteiger partial charge is 0.267 e. The number of hydrogen-bond acceptors (Lipinski definition) is 7. The molecule has 9 heteroatoms. The van der Waals surface area contributed by atoms with E-state index in [-0.39, 0.29) is 25.5 Å². The van der Waals surface area contributed by atoms with E-state index >= 15 is 0 Å². The first-order valence-corrected chi connectivity index (χ1v) is 7.78. The Hall–Kier alpha value is -0.290. The van der Waals surface area contributed by atoms with Gasteiger partial charge in [-0.1, -0.05) is 0 Å². The highest BCUT2D eigenvalue weighted by Crippen LogP contribution is 2.16. The van der Waals surface area contributed by atoms with Crippen molar-refractivity contribution in [3.8, 4) is 0 Å². The predicted molar refractivity (Wildman–Crippen MR) is 68.3 cm³/mol. The van der Waals surface area contributed by atoms with E-state index in [1.54, 1.807) is 4.90 Å². The third-order valence-corrected chi connectivity index (χ3v) is 3.58. The second kappa shape index (κ2) is 7.48. The molecule has 0 saturated carbocycles. The Bertz CT molecular complexity index is 363. The Balaban J connectivity index is 2.26. The first-order valence-electron chi connectivity index (χ1n) is 6.17. The molecule has 0 spiro atoms. The molecule has 1 fully saturated rings. The van der Waals surface area contributed by atoms with Gasteiger partial charge in [-0.05, 0) is 6.92 Å². The van der Waals surface area contributed by atoms with Gasteiger partial charge in [-0.3, -0.25) is 14.8 Å². The van der Waals surface area contributed by atoms with Crippen molar-refractivity contribution < 1.29 is 27.9 Å². The lowest BCUT2D eigenvalue weighted by molar-refractivity contribution is 0.112. The number of epoxide rings is 1. The van der Waals surface area contributed by atoms with E-state index < -0.39 is 22.0 Å². The van der Waals surface area contributed by atoms with Crippen LogP contribution in [0.3, 0.4) is 0 Å². The maximum Gasteiger partial charge on any atom is 0.267 e. The number of hydrogen-bond donors (Lipinski definition) is 4. The monoisotopic (exact) mass is 298 g/mol. The van der Waals surface area contributed by atoms with E-state index in [9.17, 15) is 13.5 Å². The van der Waals surface area contributed by atoms with E-state index in [2.05, 4.69) is 5.32 Å². The summed E-state index contributed by atoms with van der Waals surface area (Å²) in [5, 5.41) is 21.6. The molecule has 1 rings (SSSR count). The summed E-state index contributed by atoms with van der Waals surface area (Å²) in [6, 6.07) is 0. The zero-order valence-corrected chi connectivity index (χ0v) is 11.7. The van der Waals surface area contributed by atoms with Gasteiger partial charge in [-0.15, -0.1) is 0 Å². The largest absolute Gasteiger partial charge is 0.395 e. The van der Waals surface area contributed by atoms with Gasteiger partial charge >= 0.3 is 0 Å². The van der Waals surface area contributed by atoms with E-state index in [4.69, 9.17) is 14.4 Å². The second-order valence-corrected chi connectivity index (χ2v) is 6.14. The van der Waals surface area contributed by atoms with Crippen LogP contribution in [0.15, 0.2) is 0 Å². The third kappa shape index (κ3) is 7.78. The van der Waals surface area contributed by atoms with Crippen LogP contribution in [0.2, 0.25) is 0 Å². The maximum atomic E-state index is 10.6. The Morgan fingerprint density at radius 3 is 2.53 bits per heavy atom. The average molecular weight is 298 g/mol. The minimum Gasteiger partial charge on any atom is -0.395 e. The van der Waals surface area contributed by atoms with Crippen molar-refractivity contribution in [2.24, 2.45) is 0 Å². The van der Waals surface area contributed by atoms with Crippen LogP contribution in [-0.2, 0) is 14.9 Å². The third-order valence-electron chi connectivity index (χ3n) is 2.77. The summed E-state index contributed by atoms with van der Waals surface area (Å²) in [4.78, 5) is 1.72. The molecule has 1 aliphatic heterocycles. The van der Waals surface area contributed by atoms with Crippen LogP contribution in [-0.4, -0.2) is 85.1 Å². The molecule has 114 valence electrons. The van der Waals surface area contributed by atoms with Crippen molar-refractivity contribution in [1.29, 1.82) is 0 Å². The molecule has 0 aromatic rings. The molecule has 0 aromatic carbocycles. The van der Waals surface area contributed by atoms with Crippen molar-refractivity contribution >= 4 is 10.1 Å². The summed E-state index contributed by atoms with van der Waals surface area (Å²) in [6.45, 7) is 3.39. The predicted octanol–water partition coefficient (Wildman–Crippen LogP) is -2.14. The lowest BCUT2D eigenvalue weighted by Gasteiger charge is -2.23. The Labute approximate surface area is 113 Å². The number of rotatable bonds is 10. The first-order chi connectivity index (χ1) is 8.81. The lowest BCUT2D eigenvalue weighted by Crippen LogP contribution is -2.41. The number of aliphatic hydroxyl groups excluding tert-OH is 2. The molecule has 1 heterocycles. The Morgan fingerprint density at radius 1 is 1.42 bits per heavy atom. The molecule has 3 unspecified atom stereocenters. The van der Waals surface area contributed by atoms with Gasteiger partial charge in [0.05, 0.1) is 18.8 Å². The van der Waals surface area contributed by atoms with Gasteiger partial charge in [-0.2, -0.15) is 8.42 Å². The lowest BCUT2D eigenvalue weighted by atomic mass is 10.3. The van der Waals surface area contributed by atoms with Crippen LogP contribution in [0.25, 0.3) is 0 Å². The van der Waals surface area contributed by atoms with Crippen LogP contribution < -0.4 is 5.32 Å². The van der Waals surface area contributed by atoms with Crippen molar-refractivity contribution in [3.63, 3.8) is 0 Å². The fraction of sp³-hybridized carbons (Fsp3) is 1.00. The van der Waals surface area contributed by atoms with Gasteiger partial charge in [0.2, 0.25) is 0 Å². The fourth-order valence-corrected chi connectivity index (χ4v) is 2.39. The maximum absolute atomic E-state index is 10.6. The van der Waals surface area contributed by atoms with Gasteiger partial charge in [0.15, 0.2) is 0 Å². The fourth-order valence-electron chi connectivity index (χ4n) is 1.79. The number of nitrogens with zero attached hydrogens (tertiary/aromatic N) is 1. The molecule has 8 nitrogen and oxygen atoms in total. The second-order valence-electron chi connectivity index (χ2n) is 4.64. The van der Waals surface area contributed by atoms with Gasteiger partial charge in [0, 0.05) is 26.2 Å². The molecule has 0 radical (unpaired) electrons. The summed E-state index contributed by atoms with van der Waals surface area (Å²) < 4.78 is 35.1. The summed E-state index contributed by atoms with van der Waals surface area (Å²) in [5.74, 6) is -0.703. The Morgan fingerprint density at radius 2 is 2.05 bits per heavy atom. The van der Waals surface area contributed by atoms with E-state index in [0.717, 1.165) is 0 Å². The van der Waals surface area contributed by atoms with Crippen molar-refractivity contribution in [1.82, 2.24) is 10.2 Å². The van der Waals surface area contributed by atoms with Crippen molar-refractivity contribution in [3.05, 3.63) is 0 Å². The van der Waals surface area contributed by atoms with E-state index in [1.165, 1.54) is 0 Å². The minimum atomic E-state index is -4.19. The number of nitrogens with one attached hydrogen (secondary N) is 1. The molecule has 0 amide bonds. The summed E-state index contributed by atoms with van der Waals surface area (Å²) in [5.41, 5.74) is 0. The van der Waals surface area contributed by atoms with E-state index in [1.807, 2.05) is 6.92 Å². The van der Waals surface area contributed by atoms with Gasteiger partial charge in [0.1, 0.15) is 12.0 Å². The molecule has 0 aromatic heterocycles. The zero-order chi connectivity index (χ0) is 14.5. The van der Waals surface area contributed by atoms with Crippen LogP contribution in [0, 0.1) is 0 Å². The van der Waals surface area contributed by atoms with Crippen LogP contribution in [0.4, 0.5) is 0 Å². The zero-order valence-electron chi connectivity index (χ0n) is 10.9. The van der Waals surface area contributed by atoms with Crippen molar-refractivity contribution in [2.45, 2.75) is 25.4 Å². The standard InChI is InChI=1S/C10H22N2O6S/c1-8-10(18-8)11-2-3-12(4-5-13)6-9(14)7-19(15,16)17/h8-11,13-14H,2-7H2,1H3,(H,15,16,17). The SMILES string of the molecule is CC1OC1NCCN(CCO)CC(O)CS(=O)(=O)O. The van der Waals surface area contributed by atoms with Crippen LogP contribution >= 0.6 is 0 Å². The van der Waals surface area contributed by atoms with Crippen LogP contribution in [0.5, 0.6) is 0 Å². The molecular weight excluding hydrogens is 276 g/mol. The molecule has 19 heavy (non-hydrogen) atoms. The molecule has 4 N–H and O–H groups in total. The quantitative estimate of drug-likeness (QED) is 0.266. The van der Waals surface area contributed by atoms with Gasteiger partial charge in [0.25, 0.3) is 10.1 Å². The molecule has 1 saturated heterocycles. The molecule has 1 aliphatic rings. The molecular formula is C10H22N2O6S. The molecule has 0 aliphatic carbocycles. The highest BCUT2D eigenvalue weighted by Gasteiger charge is 2.33. The first kappa shape index (κ1) is 16.8. The summed E-state index contributed by atoms with van der Waals surface area (Å²) in [6.07, 6.45) is -0.923. The van der Waals surface area contributed by atoms with Crippen LogP contribution in [0.1, 0.15) is 6.92 Å². The van der Waals surface area contributed by atoms with Gasteiger partial charge < -0.3 is 14.9 Å². The highest BCUT2D eigenvalue weighted by atomic mass is 32.2. The minimum absolute atomic E-state index is 0.0544. The van der Waals surface area contributed by atoms with Crippen molar-refractivity contribution in [2.75, 3.05) is 38.5 Å². The summed E-state index contributed by atoms with van der Waals surface area (Å²) >= 11 is 0. The van der Waals surface area contributed by atoms with E-state index in [0.29, 0.717) is 19.6 Å². The van der Waals surface area contributed by atoms with Gasteiger partial charge in [-0.25, -0.2) is 0 Å². The summed E-state index contributed by atoms with van der Waals surface area (Å²) in [7, 11) is -4.19. The normalized spacial score (nSPS) is 24.7. The highest BCUT2D eigenvalue weighted by molar-refractivity contribution is 7.85. The Kier molecular flexibility index (Phi) is 6.60. The molecule has 3 atom stereocenters. The average Bonchev–Trinajstić information content (AvgIpc) is 2.91.